The maximum absolute atomic E-state index is 13.8. The Kier molecular flexibility index (Phi) is 5.26. The van der Waals surface area contributed by atoms with Crippen molar-refractivity contribution in [1.82, 2.24) is 9.80 Å². The number of rotatable bonds is 5. The Balaban J connectivity index is 2.01. The lowest BCUT2D eigenvalue weighted by Gasteiger charge is -2.34. The van der Waals surface area contributed by atoms with Crippen LogP contribution in [-0.2, 0) is 19.9 Å². The van der Waals surface area contributed by atoms with Crippen LogP contribution in [0.3, 0.4) is 0 Å². The molecule has 32 heavy (non-hydrogen) atoms. The lowest BCUT2D eigenvalue weighted by molar-refractivity contribution is -0.143. The van der Waals surface area contributed by atoms with Gasteiger partial charge in [-0.15, -0.1) is 0 Å². The first-order chi connectivity index (χ1) is 15.2. The summed E-state index contributed by atoms with van der Waals surface area (Å²) in [6, 6.07) is 13.5. The van der Waals surface area contributed by atoms with Crippen LogP contribution < -0.4 is 9.64 Å². The highest BCUT2D eigenvalue weighted by Crippen LogP contribution is 2.53. The normalized spacial score (nSPS) is 21.7. The van der Waals surface area contributed by atoms with Crippen molar-refractivity contribution in [3.05, 3.63) is 65.2 Å². The number of aliphatic hydroxyl groups is 1. The predicted molar refractivity (Wildman–Crippen MR) is 119 cm³/mol. The van der Waals surface area contributed by atoms with E-state index < -0.39 is 28.9 Å². The third-order valence-corrected chi connectivity index (χ3v) is 6.07. The highest BCUT2D eigenvalue weighted by Gasteiger charge is 2.66. The van der Waals surface area contributed by atoms with E-state index in [1.165, 1.54) is 16.9 Å². The van der Waals surface area contributed by atoms with Crippen LogP contribution in [0.1, 0.15) is 11.1 Å². The van der Waals surface area contributed by atoms with E-state index in [4.69, 9.17) is 4.74 Å². The summed E-state index contributed by atoms with van der Waals surface area (Å²) in [6.07, 6.45) is 0. The average molecular weight is 435 g/mol. The van der Waals surface area contributed by atoms with E-state index >= 15 is 0 Å². The second-order valence-electron chi connectivity index (χ2n) is 8.13. The van der Waals surface area contributed by atoms with E-state index in [-0.39, 0.29) is 12.1 Å². The molecule has 1 unspecified atom stereocenters. The van der Waals surface area contributed by atoms with E-state index in [1.807, 2.05) is 19.0 Å². The van der Waals surface area contributed by atoms with Gasteiger partial charge in [0.25, 0.3) is 17.6 Å². The van der Waals surface area contributed by atoms with Crippen LogP contribution in [0.25, 0.3) is 5.76 Å². The molecule has 2 aromatic rings. The number of para-hydroxylation sites is 1. The first-order valence-electron chi connectivity index (χ1n) is 10.2. The zero-order valence-electron chi connectivity index (χ0n) is 18.5. The number of methoxy groups -OCH3 is 1. The Morgan fingerprint density at radius 2 is 1.72 bits per heavy atom. The smallest absolute Gasteiger partial charge is 0.296 e. The summed E-state index contributed by atoms with van der Waals surface area (Å²) in [7, 11) is 6.82. The number of hydrogen-bond donors (Lipinski definition) is 1. The van der Waals surface area contributed by atoms with E-state index in [9.17, 15) is 19.5 Å². The van der Waals surface area contributed by atoms with Crippen molar-refractivity contribution in [3.63, 3.8) is 0 Å². The topological polar surface area (TPSA) is 90.4 Å². The molecule has 2 aromatic carbocycles. The van der Waals surface area contributed by atoms with Gasteiger partial charge in [-0.2, -0.15) is 0 Å². The number of ether oxygens (including phenoxy) is 1. The van der Waals surface area contributed by atoms with Crippen LogP contribution in [0.2, 0.25) is 0 Å². The van der Waals surface area contributed by atoms with Crippen LogP contribution in [0.5, 0.6) is 5.75 Å². The summed E-state index contributed by atoms with van der Waals surface area (Å²) < 4.78 is 5.16. The quantitative estimate of drug-likeness (QED) is 0.438. The van der Waals surface area contributed by atoms with Gasteiger partial charge >= 0.3 is 0 Å². The molecule has 2 aliphatic heterocycles. The number of carbonyl (C=O) groups is 3. The van der Waals surface area contributed by atoms with Crippen molar-refractivity contribution in [2.75, 3.05) is 46.2 Å². The Hall–Kier alpha value is -3.65. The molecule has 1 saturated heterocycles. The van der Waals surface area contributed by atoms with Gasteiger partial charge in [-0.05, 0) is 44.4 Å². The molecule has 1 fully saturated rings. The minimum absolute atomic E-state index is 0.144. The van der Waals surface area contributed by atoms with Crippen LogP contribution in [0.15, 0.2) is 54.1 Å². The molecule has 0 bridgehead atoms. The number of hydrogen-bond acceptors (Lipinski definition) is 6. The molecular formula is C24H25N3O5. The lowest BCUT2D eigenvalue weighted by Crippen LogP contribution is -2.52. The second kappa shape index (κ2) is 7.80. The molecule has 0 aromatic heterocycles. The number of likely N-dealkylation sites (tertiary alicyclic amines) is 1. The van der Waals surface area contributed by atoms with Gasteiger partial charge in [0.15, 0.2) is 5.54 Å². The number of carbonyl (C=O) groups excluding carboxylic acids is 3. The standard InChI is InChI=1S/C24H25N3O5/c1-25(2)13-14-27-22(30)21(29)19(20(28)15-9-11-16(32-4)12-10-15)24(27)17-7-5-6-8-18(17)26(3)23(24)31/h5-12,28H,13-14H2,1-4H3/b20-19+. The van der Waals surface area contributed by atoms with Gasteiger partial charge in [-0.1, -0.05) is 18.2 Å². The van der Waals surface area contributed by atoms with Gasteiger partial charge in [0.2, 0.25) is 0 Å². The summed E-state index contributed by atoms with van der Waals surface area (Å²) >= 11 is 0. The molecule has 1 spiro atoms. The molecule has 0 radical (unpaired) electrons. The van der Waals surface area contributed by atoms with Gasteiger partial charge in [0.05, 0.1) is 12.7 Å². The van der Waals surface area contributed by atoms with Crippen molar-refractivity contribution in [3.8, 4) is 5.75 Å². The number of amides is 2. The summed E-state index contributed by atoms with van der Waals surface area (Å²) in [5.74, 6) is -1.95. The lowest BCUT2D eigenvalue weighted by atomic mass is 9.82. The van der Waals surface area contributed by atoms with Crippen LogP contribution >= 0.6 is 0 Å². The van der Waals surface area contributed by atoms with E-state index in [0.29, 0.717) is 29.1 Å². The van der Waals surface area contributed by atoms with Crippen molar-refractivity contribution < 1.29 is 24.2 Å². The molecule has 2 amide bonds. The molecule has 4 rings (SSSR count). The van der Waals surface area contributed by atoms with Gasteiger partial charge in [0.1, 0.15) is 11.5 Å². The Bertz CT molecular complexity index is 1140. The Morgan fingerprint density at radius 3 is 2.34 bits per heavy atom. The van der Waals surface area contributed by atoms with Crippen LogP contribution in [-0.4, -0.2) is 73.8 Å². The fraction of sp³-hybridized carbons (Fsp3) is 0.292. The minimum atomic E-state index is -1.72. The average Bonchev–Trinajstić information content (AvgIpc) is 3.15. The molecular weight excluding hydrogens is 410 g/mol. The van der Waals surface area contributed by atoms with Crippen molar-refractivity contribution in [1.29, 1.82) is 0 Å². The summed E-state index contributed by atoms with van der Waals surface area (Å²) in [5.41, 5.74) is -0.529. The fourth-order valence-electron chi connectivity index (χ4n) is 4.46. The van der Waals surface area contributed by atoms with E-state index in [0.717, 1.165) is 0 Å². The summed E-state index contributed by atoms with van der Waals surface area (Å²) in [4.78, 5) is 44.9. The highest BCUT2D eigenvalue weighted by atomic mass is 16.5. The molecule has 0 saturated carbocycles. The number of likely N-dealkylation sites (N-methyl/N-ethyl adjacent to an activating group) is 2. The summed E-state index contributed by atoms with van der Waals surface area (Å²) in [6.45, 7) is 0.585. The van der Waals surface area contributed by atoms with Gasteiger partial charge in [-0.25, -0.2) is 0 Å². The molecule has 8 heteroatoms. The largest absolute Gasteiger partial charge is 0.507 e. The monoisotopic (exact) mass is 435 g/mol. The second-order valence-corrected chi connectivity index (χ2v) is 8.13. The van der Waals surface area contributed by atoms with Crippen LogP contribution in [0, 0.1) is 0 Å². The molecule has 166 valence electrons. The van der Waals surface area contributed by atoms with Gasteiger partial charge in [0, 0.05) is 37.0 Å². The van der Waals surface area contributed by atoms with Gasteiger partial charge in [-0.3, -0.25) is 14.4 Å². The number of benzene rings is 2. The zero-order chi connectivity index (χ0) is 23.2. The number of ketones is 1. The number of Topliss-reactive ketones (excluding diaryl/α,β-unsaturated/α-hetero) is 1. The number of aliphatic hydroxyl groups excluding tert-OH is 1. The Labute approximate surface area is 186 Å². The summed E-state index contributed by atoms with van der Waals surface area (Å²) in [5, 5.41) is 11.3. The molecule has 1 atom stereocenters. The van der Waals surface area contributed by atoms with Crippen LogP contribution in [0.4, 0.5) is 5.69 Å². The maximum Gasteiger partial charge on any atom is 0.296 e. The molecule has 2 heterocycles. The van der Waals surface area contributed by atoms with Gasteiger partial charge < -0.3 is 24.5 Å². The molecule has 8 nitrogen and oxygen atoms in total. The third kappa shape index (κ3) is 2.90. The number of fused-ring (bicyclic) bond motifs is 2. The first-order valence-corrected chi connectivity index (χ1v) is 10.2. The number of nitrogens with zero attached hydrogens (tertiary/aromatic N) is 3. The Morgan fingerprint density at radius 1 is 1.06 bits per heavy atom. The zero-order valence-corrected chi connectivity index (χ0v) is 18.5. The molecule has 0 aliphatic carbocycles. The van der Waals surface area contributed by atoms with E-state index in [1.54, 1.807) is 55.6 Å². The number of anilines is 1. The molecule has 1 N–H and O–H groups in total. The highest BCUT2D eigenvalue weighted by molar-refractivity contribution is 6.50. The van der Waals surface area contributed by atoms with Crippen molar-refractivity contribution in [2.45, 2.75) is 5.54 Å². The molecule has 2 aliphatic rings. The maximum atomic E-state index is 13.8. The SMILES string of the molecule is COc1ccc(/C(O)=C2/C(=O)C(=O)N(CCN(C)C)C23C(=O)N(C)c2ccccc23)cc1. The van der Waals surface area contributed by atoms with E-state index in [2.05, 4.69) is 0 Å². The van der Waals surface area contributed by atoms with Crippen molar-refractivity contribution in [2.24, 2.45) is 0 Å². The third-order valence-electron chi connectivity index (χ3n) is 6.07. The fourth-order valence-corrected chi connectivity index (χ4v) is 4.46. The minimum Gasteiger partial charge on any atom is -0.507 e. The van der Waals surface area contributed by atoms with Crippen molar-refractivity contribution >= 4 is 29.0 Å². The predicted octanol–water partition coefficient (Wildman–Crippen LogP) is 1.81. The first kappa shape index (κ1) is 21.6.